The van der Waals surface area contributed by atoms with Crippen LogP contribution in [0.15, 0.2) is 91.0 Å². The third kappa shape index (κ3) is 18.3. The first-order valence-electron chi connectivity index (χ1n) is 20.2. The van der Waals surface area contributed by atoms with Crippen molar-refractivity contribution in [2.24, 2.45) is 17.2 Å². The van der Waals surface area contributed by atoms with E-state index in [1.165, 1.54) is 11.9 Å². The average Bonchev–Trinajstić information content (AvgIpc) is 3.30. The Kier molecular flexibility index (Phi) is 25.8. The predicted octanol–water partition coefficient (Wildman–Crippen LogP) is 3.47. The lowest BCUT2D eigenvalue weighted by atomic mass is 9.94. The number of aliphatic carboxylic acids is 1. The smallest absolute Gasteiger partial charge is 0.326 e. The molecular weight excluding hydrogens is 843 g/mol. The first-order valence-corrected chi connectivity index (χ1v) is 21.7. The van der Waals surface area contributed by atoms with Crippen molar-refractivity contribution in [1.29, 1.82) is 0 Å². The molecule has 0 radical (unpaired) electrons. The molecule has 63 heavy (non-hydrogen) atoms. The number of carbonyl (C=O) groups excluding carboxylic acids is 4. The lowest BCUT2D eigenvalue weighted by Crippen LogP contribution is -2.45. The Labute approximate surface area is 381 Å². The summed E-state index contributed by atoms with van der Waals surface area (Å²) in [5, 5.41) is 17.7. The highest BCUT2D eigenvalue weighted by Gasteiger charge is 2.25. The van der Waals surface area contributed by atoms with Gasteiger partial charge in [0.25, 0.3) is 5.91 Å². The van der Waals surface area contributed by atoms with E-state index in [-0.39, 0.29) is 45.8 Å². The number of nitrogens with two attached hydrogens (primary N) is 3. The molecule has 4 aromatic rings. The van der Waals surface area contributed by atoms with Crippen LogP contribution in [-0.2, 0) is 25.6 Å². The van der Waals surface area contributed by atoms with Crippen molar-refractivity contribution in [3.63, 3.8) is 0 Å². The van der Waals surface area contributed by atoms with Crippen LogP contribution < -0.4 is 42.6 Å². The maximum atomic E-state index is 13.4. The van der Waals surface area contributed by atoms with E-state index in [0.29, 0.717) is 45.6 Å². The van der Waals surface area contributed by atoms with E-state index >= 15 is 0 Å². The number of carboxylic acids is 1. The average molecular weight is 904 g/mol. The summed E-state index contributed by atoms with van der Waals surface area (Å²) < 4.78 is 11.9. The summed E-state index contributed by atoms with van der Waals surface area (Å²) in [5.41, 5.74) is 20.8. The summed E-state index contributed by atoms with van der Waals surface area (Å²) in [6.45, 7) is 1.09. The number of thiol groups is 2. The molecule has 0 aliphatic carbocycles. The second-order valence-corrected chi connectivity index (χ2v) is 14.0. The molecule has 17 heteroatoms. The Morgan fingerprint density at radius 1 is 0.794 bits per heavy atom. The van der Waals surface area contributed by atoms with Crippen LogP contribution in [0.3, 0.4) is 0 Å². The fourth-order valence-electron chi connectivity index (χ4n) is 5.81. The molecule has 0 spiro atoms. The summed E-state index contributed by atoms with van der Waals surface area (Å²) in [7, 11) is 3.04. The van der Waals surface area contributed by atoms with E-state index in [1.54, 1.807) is 74.0 Å². The van der Waals surface area contributed by atoms with Crippen LogP contribution in [0.25, 0.3) is 23.3 Å². The van der Waals surface area contributed by atoms with Crippen molar-refractivity contribution in [2.45, 2.75) is 24.9 Å². The number of carboxylic acid groups (broad SMARTS) is 1. The summed E-state index contributed by atoms with van der Waals surface area (Å²) >= 11 is 7.45. The summed E-state index contributed by atoms with van der Waals surface area (Å²) in [5.74, 6) is -0.959. The van der Waals surface area contributed by atoms with Gasteiger partial charge in [-0.3, -0.25) is 14.4 Å². The quantitative estimate of drug-likeness (QED) is 0.0296. The van der Waals surface area contributed by atoms with E-state index in [1.807, 2.05) is 42.5 Å². The standard InChI is InChI=1S/C42H48N6O8.C3H9NS.CH4S/c1-45-25-39(50)47-35(42(53)54)23-30-12-16-37(55-20-18-43)33(22-30)34-24-32(15-17-38(34)56-21-19-44)36(27-49)48(2)40(51)26-46-41(52)31-13-10-29(11-14-31)9-8-28-6-4-3-5-7-28;4-2-1-3-5;1-2/h3-17,22,24,27,35-36,45H,18-21,23,25-26,43-44H2,1-2H3,(H,46,52)(H,47,50)(H,53,54);5H,1-4H2;2H,1H3/b9-8+;;. The van der Waals surface area contributed by atoms with Crippen LogP contribution in [0.5, 0.6) is 11.5 Å². The van der Waals surface area contributed by atoms with Crippen LogP contribution in [0.2, 0.25) is 0 Å². The molecule has 3 amide bonds. The summed E-state index contributed by atoms with van der Waals surface area (Å²) in [6.07, 6.45) is 7.20. The highest BCUT2D eigenvalue weighted by atomic mass is 32.1. The molecule has 0 saturated carbocycles. The molecule has 0 aromatic heterocycles. The SMILES string of the molecule is CNCC(=O)NC(Cc1ccc(OCCN)c(-c2cc(C(C=O)N(C)C(=O)CNC(=O)c3ccc(/C=C/c4ccccc4)cc3)ccc2OCCN)c1)C(=O)O.CS.NCCCS. The molecule has 4 rings (SSSR count). The minimum absolute atomic E-state index is 0.0526. The Morgan fingerprint density at radius 3 is 1.90 bits per heavy atom. The van der Waals surface area contributed by atoms with Crippen LogP contribution >= 0.6 is 25.3 Å². The van der Waals surface area contributed by atoms with Gasteiger partial charge in [-0.2, -0.15) is 25.3 Å². The number of hydrogen-bond acceptors (Lipinski definition) is 13. The predicted molar refractivity (Wildman–Crippen MR) is 256 cm³/mol. The molecule has 0 aliphatic heterocycles. The zero-order chi connectivity index (χ0) is 46.6. The molecule has 2 atom stereocenters. The van der Waals surface area contributed by atoms with Gasteiger partial charge in [0, 0.05) is 43.2 Å². The first-order chi connectivity index (χ1) is 30.5. The number of hydrogen-bond donors (Lipinski definition) is 9. The summed E-state index contributed by atoms with van der Waals surface area (Å²) in [6, 6.07) is 24.5. The topological polar surface area (TPSA) is 241 Å². The molecule has 2 unspecified atom stereocenters. The number of likely N-dealkylation sites (N-methyl/N-ethyl adjacent to an activating group) is 2. The number of carbonyl (C=O) groups is 5. The van der Waals surface area contributed by atoms with Gasteiger partial charge in [-0.1, -0.05) is 66.7 Å². The van der Waals surface area contributed by atoms with Gasteiger partial charge in [-0.05, 0) is 90.7 Å². The normalized spacial score (nSPS) is 11.4. The van der Waals surface area contributed by atoms with Crippen molar-refractivity contribution in [3.8, 4) is 22.6 Å². The minimum Gasteiger partial charge on any atom is -0.492 e. The number of nitrogens with zero attached hydrogens (tertiary/aromatic N) is 1. The molecule has 0 heterocycles. The summed E-state index contributed by atoms with van der Waals surface area (Å²) in [4.78, 5) is 64.5. The van der Waals surface area contributed by atoms with Crippen LogP contribution in [0.1, 0.15) is 45.1 Å². The van der Waals surface area contributed by atoms with Crippen molar-refractivity contribution in [3.05, 3.63) is 119 Å². The van der Waals surface area contributed by atoms with Crippen LogP contribution in [-0.4, -0.2) is 118 Å². The number of rotatable bonds is 23. The molecule has 0 bridgehead atoms. The second kappa shape index (κ2) is 30.4. The Balaban J connectivity index is 0.00000182. The molecule has 0 aliphatic rings. The number of amides is 3. The van der Waals surface area contributed by atoms with Gasteiger partial charge in [0.1, 0.15) is 43.1 Å². The maximum absolute atomic E-state index is 13.4. The highest BCUT2D eigenvalue weighted by molar-refractivity contribution is 7.80. The van der Waals surface area contributed by atoms with Gasteiger partial charge in [0.05, 0.1) is 13.1 Å². The molecule has 10 N–H and O–H groups in total. The Hall–Kier alpha value is -5.69. The number of benzene rings is 4. The van der Waals surface area contributed by atoms with E-state index in [2.05, 4.69) is 41.2 Å². The number of aldehydes is 1. The van der Waals surface area contributed by atoms with Crippen molar-refractivity contribution in [2.75, 3.05) is 72.0 Å². The van der Waals surface area contributed by atoms with Crippen molar-refractivity contribution < 1.29 is 38.6 Å². The van der Waals surface area contributed by atoms with Gasteiger partial charge in [-0.25, -0.2) is 4.79 Å². The first kappa shape index (κ1) is 53.4. The lowest BCUT2D eigenvalue weighted by molar-refractivity contribution is -0.141. The zero-order valence-corrected chi connectivity index (χ0v) is 37.8. The molecule has 0 fully saturated rings. The Bertz CT molecular complexity index is 2050. The molecule has 0 saturated heterocycles. The lowest BCUT2D eigenvalue weighted by Gasteiger charge is -2.26. The molecule has 4 aromatic carbocycles. The third-order valence-electron chi connectivity index (χ3n) is 8.98. The molecular formula is C46H61N7O8S2. The minimum atomic E-state index is -1.22. The van der Waals surface area contributed by atoms with E-state index in [0.717, 1.165) is 29.8 Å². The largest absolute Gasteiger partial charge is 0.492 e. The maximum Gasteiger partial charge on any atom is 0.326 e. The second-order valence-electron chi connectivity index (χ2n) is 13.6. The van der Waals surface area contributed by atoms with Crippen LogP contribution in [0, 0.1) is 0 Å². The number of ether oxygens (including phenoxy) is 2. The van der Waals surface area contributed by atoms with Gasteiger partial charge < -0.3 is 57.4 Å². The molecule has 340 valence electrons. The fourth-order valence-corrected chi connectivity index (χ4v) is 6.00. The van der Waals surface area contributed by atoms with E-state index < -0.39 is 35.8 Å². The third-order valence-corrected chi connectivity index (χ3v) is 9.30. The zero-order valence-electron chi connectivity index (χ0n) is 36.0. The van der Waals surface area contributed by atoms with Gasteiger partial charge in [-0.15, -0.1) is 0 Å². The van der Waals surface area contributed by atoms with Gasteiger partial charge in [0.15, 0.2) is 0 Å². The Morgan fingerprint density at radius 2 is 1.38 bits per heavy atom. The van der Waals surface area contributed by atoms with Gasteiger partial charge >= 0.3 is 5.97 Å². The van der Waals surface area contributed by atoms with E-state index in [9.17, 15) is 29.1 Å². The van der Waals surface area contributed by atoms with Crippen molar-refractivity contribution in [1.82, 2.24) is 20.9 Å². The van der Waals surface area contributed by atoms with Gasteiger partial charge in [0.2, 0.25) is 11.8 Å². The fraction of sp³-hybridized carbons (Fsp3) is 0.326. The van der Waals surface area contributed by atoms with Crippen molar-refractivity contribution >= 4 is 67.4 Å². The molecule has 15 nitrogen and oxygen atoms in total. The van der Waals surface area contributed by atoms with E-state index in [4.69, 9.17) is 26.7 Å². The highest BCUT2D eigenvalue weighted by Crippen LogP contribution is 2.39. The number of nitrogens with one attached hydrogen (secondary N) is 3. The monoisotopic (exact) mass is 903 g/mol. The van der Waals surface area contributed by atoms with Crippen LogP contribution in [0.4, 0.5) is 0 Å².